The monoisotopic (exact) mass is 245 g/mol. The number of hydrogen-bond acceptors (Lipinski definition) is 1. The summed E-state index contributed by atoms with van der Waals surface area (Å²) in [5, 5.41) is 3.75. The lowest BCUT2D eigenvalue weighted by Gasteiger charge is -2.45. The van der Waals surface area contributed by atoms with Crippen LogP contribution >= 0.6 is 0 Å². The average molecular weight is 245 g/mol. The van der Waals surface area contributed by atoms with Crippen LogP contribution < -0.4 is 5.32 Å². The number of benzene rings is 1. The van der Waals surface area contributed by atoms with Gasteiger partial charge in [-0.2, -0.15) is 0 Å². The minimum atomic E-state index is 0.468. The molecule has 0 radical (unpaired) electrons. The van der Waals surface area contributed by atoms with E-state index in [1.807, 2.05) is 0 Å². The van der Waals surface area contributed by atoms with Crippen molar-refractivity contribution in [3.63, 3.8) is 0 Å². The van der Waals surface area contributed by atoms with E-state index < -0.39 is 0 Å². The molecule has 0 saturated heterocycles. The minimum Gasteiger partial charge on any atom is -0.310 e. The molecule has 1 N–H and O–H groups in total. The largest absolute Gasteiger partial charge is 0.310 e. The fourth-order valence-electron chi connectivity index (χ4n) is 3.85. The lowest BCUT2D eigenvalue weighted by molar-refractivity contribution is 0.0845. The molecule has 0 aromatic heterocycles. The Bertz CT molecular complexity index is 362. The van der Waals surface area contributed by atoms with Gasteiger partial charge in [0.25, 0.3) is 0 Å². The van der Waals surface area contributed by atoms with Crippen LogP contribution in [0.1, 0.15) is 52.5 Å². The fraction of sp³-hybridized carbons (Fsp3) is 0.647. The summed E-state index contributed by atoms with van der Waals surface area (Å²) in [5.74, 6) is 0. The molecule has 1 saturated carbocycles. The van der Waals surface area contributed by atoms with E-state index in [1.165, 1.54) is 24.8 Å². The second-order valence-electron chi connectivity index (χ2n) is 7.48. The van der Waals surface area contributed by atoms with Crippen molar-refractivity contribution in [1.82, 2.24) is 5.32 Å². The minimum absolute atomic E-state index is 0.468. The van der Waals surface area contributed by atoms with Crippen LogP contribution in [0.5, 0.6) is 0 Å². The molecule has 0 unspecified atom stereocenters. The quantitative estimate of drug-likeness (QED) is 0.833. The van der Waals surface area contributed by atoms with Gasteiger partial charge < -0.3 is 5.32 Å². The Morgan fingerprint density at radius 3 is 2.11 bits per heavy atom. The molecule has 1 heteroatoms. The first-order valence-electron chi connectivity index (χ1n) is 7.14. The van der Waals surface area contributed by atoms with Crippen molar-refractivity contribution in [2.75, 3.05) is 0 Å². The highest BCUT2D eigenvalue weighted by Crippen LogP contribution is 2.45. The van der Waals surface area contributed by atoms with Crippen LogP contribution in [0.3, 0.4) is 0 Å². The van der Waals surface area contributed by atoms with Crippen molar-refractivity contribution < 1.29 is 0 Å². The lowest BCUT2D eigenvalue weighted by Crippen LogP contribution is -2.43. The molecule has 0 spiro atoms. The second-order valence-corrected chi connectivity index (χ2v) is 7.48. The van der Waals surface area contributed by atoms with E-state index in [0.717, 1.165) is 6.54 Å². The van der Waals surface area contributed by atoms with Crippen LogP contribution in [0.4, 0.5) is 0 Å². The highest BCUT2D eigenvalue weighted by molar-refractivity contribution is 5.14. The molecular weight excluding hydrogens is 218 g/mol. The molecule has 0 bridgehead atoms. The predicted octanol–water partition coefficient (Wildman–Crippen LogP) is 4.38. The first-order chi connectivity index (χ1) is 8.36. The van der Waals surface area contributed by atoms with E-state index in [-0.39, 0.29) is 0 Å². The van der Waals surface area contributed by atoms with Crippen LogP contribution in [0.15, 0.2) is 30.3 Å². The smallest absolute Gasteiger partial charge is 0.0208 e. The van der Waals surface area contributed by atoms with Crippen molar-refractivity contribution in [2.45, 2.75) is 59.5 Å². The summed E-state index contributed by atoms with van der Waals surface area (Å²) in [6.45, 7) is 10.6. The van der Waals surface area contributed by atoms with Crippen molar-refractivity contribution in [3.05, 3.63) is 35.9 Å². The fourth-order valence-corrected chi connectivity index (χ4v) is 3.85. The zero-order valence-corrected chi connectivity index (χ0v) is 12.3. The lowest BCUT2D eigenvalue weighted by atomic mass is 9.63. The molecule has 18 heavy (non-hydrogen) atoms. The van der Waals surface area contributed by atoms with Crippen molar-refractivity contribution >= 4 is 0 Å². The SMILES string of the molecule is CC1(C)CC(NCc2ccccc2)CC(C)(C)C1. The van der Waals surface area contributed by atoms with Gasteiger partial charge in [0.15, 0.2) is 0 Å². The molecule has 0 heterocycles. The Kier molecular flexibility index (Phi) is 3.82. The first-order valence-corrected chi connectivity index (χ1v) is 7.14. The van der Waals surface area contributed by atoms with Gasteiger partial charge in [-0.25, -0.2) is 0 Å². The Balaban J connectivity index is 1.93. The second kappa shape index (κ2) is 5.05. The zero-order valence-electron chi connectivity index (χ0n) is 12.3. The van der Waals surface area contributed by atoms with Gasteiger partial charge in [-0.15, -0.1) is 0 Å². The topological polar surface area (TPSA) is 12.0 Å². The third-order valence-electron chi connectivity index (χ3n) is 3.99. The molecule has 2 rings (SSSR count). The van der Waals surface area contributed by atoms with Gasteiger partial charge in [-0.05, 0) is 35.7 Å². The standard InChI is InChI=1S/C17H27N/c1-16(2)10-15(11-17(3,4)13-16)18-12-14-8-6-5-7-9-14/h5-9,15,18H,10-13H2,1-4H3. The van der Waals surface area contributed by atoms with Gasteiger partial charge in [0.05, 0.1) is 0 Å². The van der Waals surface area contributed by atoms with E-state index >= 15 is 0 Å². The first kappa shape index (κ1) is 13.6. The van der Waals surface area contributed by atoms with Crippen LogP contribution in [0.2, 0.25) is 0 Å². The van der Waals surface area contributed by atoms with Crippen molar-refractivity contribution in [2.24, 2.45) is 10.8 Å². The summed E-state index contributed by atoms with van der Waals surface area (Å²) < 4.78 is 0. The third kappa shape index (κ3) is 3.84. The van der Waals surface area contributed by atoms with E-state index in [0.29, 0.717) is 16.9 Å². The van der Waals surface area contributed by atoms with Crippen LogP contribution in [0, 0.1) is 10.8 Å². The molecule has 1 nitrogen and oxygen atoms in total. The van der Waals surface area contributed by atoms with Gasteiger partial charge in [-0.1, -0.05) is 58.0 Å². The molecule has 1 fully saturated rings. The van der Waals surface area contributed by atoms with Crippen LogP contribution in [-0.2, 0) is 6.54 Å². The predicted molar refractivity (Wildman–Crippen MR) is 78.5 cm³/mol. The Morgan fingerprint density at radius 2 is 1.56 bits per heavy atom. The number of rotatable bonds is 3. The third-order valence-corrected chi connectivity index (χ3v) is 3.99. The van der Waals surface area contributed by atoms with Gasteiger partial charge >= 0.3 is 0 Å². The van der Waals surface area contributed by atoms with Gasteiger partial charge in [0.2, 0.25) is 0 Å². The van der Waals surface area contributed by atoms with Gasteiger partial charge in [-0.3, -0.25) is 0 Å². The van der Waals surface area contributed by atoms with Gasteiger partial charge in [0.1, 0.15) is 0 Å². The maximum atomic E-state index is 3.75. The molecule has 100 valence electrons. The Hall–Kier alpha value is -0.820. The highest BCUT2D eigenvalue weighted by atomic mass is 14.9. The van der Waals surface area contributed by atoms with Crippen LogP contribution in [-0.4, -0.2) is 6.04 Å². The summed E-state index contributed by atoms with van der Waals surface area (Å²) >= 11 is 0. The van der Waals surface area contributed by atoms with E-state index in [1.54, 1.807) is 0 Å². The summed E-state index contributed by atoms with van der Waals surface area (Å²) in [5.41, 5.74) is 2.32. The summed E-state index contributed by atoms with van der Waals surface area (Å²) in [7, 11) is 0. The molecule has 0 atom stereocenters. The maximum Gasteiger partial charge on any atom is 0.0208 e. The van der Waals surface area contributed by atoms with Crippen LogP contribution in [0.25, 0.3) is 0 Å². The number of hydrogen-bond donors (Lipinski definition) is 1. The molecule has 1 aromatic rings. The Morgan fingerprint density at radius 1 is 1.00 bits per heavy atom. The van der Waals surface area contributed by atoms with E-state index in [9.17, 15) is 0 Å². The normalized spacial score (nSPS) is 22.9. The molecule has 1 aliphatic rings. The van der Waals surface area contributed by atoms with E-state index in [2.05, 4.69) is 63.3 Å². The zero-order chi connectivity index (χ0) is 13.2. The molecule has 1 aromatic carbocycles. The molecule has 0 amide bonds. The highest BCUT2D eigenvalue weighted by Gasteiger charge is 2.37. The number of nitrogens with one attached hydrogen (secondary N) is 1. The summed E-state index contributed by atoms with van der Waals surface area (Å²) in [6.07, 6.45) is 3.93. The van der Waals surface area contributed by atoms with E-state index in [4.69, 9.17) is 0 Å². The van der Waals surface area contributed by atoms with Crippen molar-refractivity contribution in [3.8, 4) is 0 Å². The molecule has 1 aliphatic carbocycles. The average Bonchev–Trinajstić information content (AvgIpc) is 2.24. The molecule has 0 aliphatic heterocycles. The Labute approximate surface area is 112 Å². The van der Waals surface area contributed by atoms with Crippen molar-refractivity contribution in [1.29, 1.82) is 0 Å². The summed E-state index contributed by atoms with van der Waals surface area (Å²) in [6, 6.07) is 11.4. The summed E-state index contributed by atoms with van der Waals surface area (Å²) in [4.78, 5) is 0. The van der Waals surface area contributed by atoms with Gasteiger partial charge in [0, 0.05) is 12.6 Å². The molecular formula is C17H27N. The maximum absolute atomic E-state index is 3.75.